The molecule has 210 valence electrons. The lowest BCUT2D eigenvalue weighted by Crippen LogP contribution is -2.35. The predicted molar refractivity (Wildman–Crippen MR) is 159 cm³/mol. The van der Waals surface area contributed by atoms with Crippen molar-refractivity contribution in [2.45, 2.75) is 57.5 Å². The lowest BCUT2D eigenvalue weighted by molar-refractivity contribution is -0.120. The maximum absolute atomic E-state index is 14.0. The molecule has 0 aliphatic heterocycles. The highest BCUT2D eigenvalue weighted by Gasteiger charge is 2.26. The van der Waals surface area contributed by atoms with E-state index in [0.29, 0.717) is 24.9 Å². The molecule has 0 aliphatic rings. The normalized spacial score (nSPS) is 12.9. The predicted octanol–water partition coefficient (Wildman–Crippen LogP) is 6.35. The van der Waals surface area contributed by atoms with Gasteiger partial charge >= 0.3 is 5.69 Å². The average Bonchev–Trinajstić information content (AvgIpc) is 3.46. The highest BCUT2D eigenvalue weighted by atomic mass is 32.2. The van der Waals surface area contributed by atoms with Crippen LogP contribution in [0.1, 0.15) is 62.1 Å². The summed E-state index contributed by atoms with van der Waals surface area (Å²) in [7, 11) is -4.27. The van der Waals surface area contributed by atoms with Crippen LogP contribution in [-0.4, -0.2) is 23.5 Å². The summed E-state index contributed by atoms with van der Waals surface area (Å²) < 4.78 is 44.4. The Kier molecular flexibility index (Phi) is 8.90. The van der Waals surface area contributed by atoms with E-state index in [1.54, 1.807) is 20.5 Å². The smallest absolute Gasteiger partial charge is 0.288 e. The number of carbonyl (C=O) groups excluding carboxylic acids is 1. The monoisotopic (exact) mass is 581 g/mol. The maximum atomic E-state index is 14.0. The number of thiophene rings is 1. The lowest BCUT2D eigenvalue weighted by atomic mass is 10.0. The quantitative estimate of drug-likeness (QED) is 0.223. The van der Waals surface area contributed by atoms with Gasteiger partial charge in [0.1, 0.15) is 5.82 Å². The van der Waals surface area contributed by atoms with Gasteiger partial charge in [-0.1, -0.05) is 50.3 Å². The third-order valence-corrected chi connectivity index (χ3v) is 9.27. The van der Waals surface area contributed by atoms with E-state index in [1.807, 2.05) is 67.3 Å². The van der Waals surface area contributed by atoms with Gasteiger partial charge in [0.2, 0.25) is 5.91 Å². The Morgan fingerprint density at radius 1 is 1.18 bits per heavy atom. The Labute approximate surface area is 237 Å². The Balaban J connectivity index is 1.72. The molecule has 1 amide bonds. The SMILES string of the molecule is C=Cc1scc(Cn2c(=O)n(C(CCC)CC(=O)NS(=O)(=O)c3cccc(F)c3)c3ccccc32)c1C(C)=CC. The van der Waals surface area contributed by atoms with Crippen molar-refractivity contribution in [3.63, 3.8) is 0 Å². The van der Waals surface area contributed by atoms with Crippen LogP contribution in [-0.2, 0) is 21.4 Å². The number of hydrogen-bond donors (Lipinski definition) is 1. The lowest BCUT2D eigenvalue weighted by Gasteiger charge is -2.18. The van der Waals surface area contributed by atoms with Crippen molar-refractivity contribution in [1.82, 2.24) is 13.9 Å². The number of hydrogen-bond acceptors (Lipinski definition) is 5. The van der Waals surface area contributed by atoms with Gasteiger partial charge in [-0.3, -0.25) is 13.9 Å². The van der Waals surface area contributed by atoms with Crippen molar-refractivity contribution < 1.29 is 17.6 Å². The summed E-state index contributed by atoms with van der Waals surface area (Å²) in [5.41, 5.74) is 4.23. The van der Waals surface area contributed by atoms with Crippen molar-refractivity contribution in [2.24, 2.45) is 0 Å². The molecule has 0 aliphatic carbocycles. The van der Waals surface area contributed by atoms with Gasteiger partial charge in [0, 0.05) is 22.9 Å². The Morgan fingerprint density at radius 2 is 1.90 bits per heavy atom. The van der Waals surface area contributed by atoms with E-state index >= 15 is 0 Å². The first-order valence-corrected chi connectivity index (χ1v) is 15.3. The third-order valence-electron chi connectivity index (χ3n) is 6.87. The molecule has 0 saturated heterocycles. The van der Waals surface area contributed by atoms with Crippen LogP contribution in [0.5, 0.6) is 0 Å². The van der Waals surface area contributed by atoms with Crippen molar-refractivity contribution in [3.8, 4) is 0 Å². The number of carbonyl (C=O) groups is 1. The molecule has 7 nitrogen and oxygen atoms in total. The summed E-state index contributed by atoms with van der Waals surface area (Å²) in [6.07, 6.45) is 4.74. The van der Waals surface area contributed by atoms with Crippen LogP contribution in [0.4, 0.5) is 4.39 Å². The molecule has 0 bridgehead atoms. The Morgan fingerprint density at radius 3 is 2.55 bits per heavy atom. The highest BCUT2D eigenvalue weighted by molar-refractivity contribution is 7.90. The second kappa shape index (κ2) is 12.2. The molecule has 4 aromatic rings. The molecule has 0 spiro atoms. The zero-order chi connectivity index (χ0) is 29.0. The first-order valence-electron chi connectivity index (χ1n) is 13.0. The molecule has 2 heterocycles. The topological polar surface area (TPSA) is 90.2 Å². The zero-order valence-electron chi connectivity index (χ0n) is 22.7. The number of allylic oxidation sites excluding steroid dienone is 2. The van der Waals surface area contributed by atoms with Crippen molar-refractivity contribution in [1.29, 1.82) is 0 Å². The van der Waals surface area contributed by atoms with Crippen LogP contribution in [0.15, 0.2) is 76.3 Å². The number of fused-ring (bicyclic) bond motifs is 1. The van der Waals surface area contributed by atoms with E-state index in [9.17, 15) is 22.4 Å². The van der Waals surface area contributed by atoms with E-state index in [4.69, 9.17) is 0 Å². The number of imidazole rings is 1. The number of nitrogens with zero attached hydrogens (tertiary/aromatic N) is 2. The molecule has 1 atom stereocenters. The van der Waals surface area contributed by atoms with Crippen LogP contribution < -0.4 is 10.4 Å². The fraction of sp³-hybridized carbons (Fsp3) is 0.267. The van der Waals surface area contributed by atoms with Crippen LogP contribution >= 0.6 is 11.3 Å². The molecule has 40 heavy (non-hydrogen) atoms. The summed E-state index contributed by atoms with van der Waals surface area (Å²) in [6, 6.07) is 11.2. The first kappa shape index (κ1) is 29.2. The number of halogens is 1. The number of nitrogens with one attached hydrogen (secondary N) is 1. The van der Waals surface area contributed by atoms with Crippen LogP contribution in [0.3, 0.4) is 0 Å². The van der Waals surface area contributed by atoms with E-state index < -0.39 is 27.8 Å². The number of benzene rings is 2. The molecule has 0 saturated carbocycles. The molecular weight excluding hydrogens is 549 g/mol. The summed E-state index contributed by atoms with van der Waals surface area (Å²) >= 11 is 1.57. The fourth-order valence-corrected chi connectivity index (χ4v) is 6.93. The van der Waals surface area contributed by atoms with Crippen LogP contribution in [0.2, 0.25) is 0 Å². The summed E-state index contributed by atoms with van der Waals surface area (Å²) in [4.78, 5) is 27.6. The number of sulfonamides is 1. The molecular formula is C30H32FN3O4S2. The van der Waals surface area contributed by atoms with E-state index in [1.165, 1.54) is 12.1 Å². The van der Waals surface area contributed by atoms with Gasteiger partial charge in [0.25, 0.3) is 10.0 Å². The molecule has 2 aromatic carbocycles. The average molecular weight is 582 g/mol. The highest BCUT2D eigenvalue weighted by Crippen LogP contribution is 2.32. The van der Waals surface area contributed by atoms with Crippen molar-refractivity contribution >= 4 is 49.9 Å². The number of rotatable bonds is 11. The molecule has 2 aromatic heterocycles. The zero-order valence-corrected chi connectivity index (χ0v) is 24.3. The van der Waals surface area contributed by atoms with E-state index in [0.717, 1.165) is 39.2 Å². The summed E-state index contributed by atoms with van der Waals surface area (Å²) in [6.45, 7) is 10.2. The van der Waals surface area contributed by atoms with E-state index in [2.05, 4.69) is 6.58 Å². The summed E-state index contributed by atoms with van der Waals surface area (Å²) in [5.74, 6) is -1.50. The second-order valence-electron chi connectivity index (χ2n) is 9.54. The molecule has 0 fully saturated rings. The minimum Gasteiger partial charge on any atom is -0.288 e. The van der Waals surface area contributed by atoms with Gasteiger partial charge in [-0.05, 0) is 67.1 Å². The van der Waals surface area contributed by atoms with Crippen LogP contribution in [0.25, 0.3) is 22.7 Å². The van der Waals surface area contributed by atoms with Gasteiger partial charge in [0.05, 0.1) is 22.5 Å². The molecule has 1 unspecified atom stereocenters. The van der Waals surface area contributed by atoms with Crippen molar-refractivity contribution in [3.05, 3.63) is 98.9 Å². The molecule has 10 heteroatoms. The Hall–Kier alpha value is -3.76. The van der Waals surface area contributed by atoms with Crippen molar-refractivity contribution in [2.75, 3.05) is 0 Å². The summed E-state index contributed by atoms with van der Waals surface area (Å²) in [5, 5.41) is 2.03. The third kappa shape index (κ3) is 5.88. The standard InChI is InChI=1S/C30H32FN3O4S2/c1-5-11-23(17-28(35)32-40(37,38)24-13-10-12-22(31)16-24)34-26-15-9-8-14-25(26)33(30(34)36)18-21-19-39-27(7-3)29(21)20(4)6-2/h6-10,12-16,19,23H,3,5,11,17-18H2,1-2,4H3,(H,32,35). The molecule has 0 radical (unpaired) electrons. The minimum absolute atomic E-state index is 0.238. The number of para-hydroxylation sites is 2. The van der Waals surface area contributed by atoms with Gasteiger partial charge < -0.3 is 0 Å². The van der Waals surface area contributed by atoms with Gasteiger partial charge in [0.15, 0.2) is 0 Å². The fourth-order valence-electron chi connectivity index (χ4n) is 4.93. The largest absolute Gasteiger partial charge is 0.329 e. The number of amides is 1. The van der Waals surface area contributed by atoms with Gasteiger partial charge in [-0.15, -0.1) is 11.3 Å². The second-order valence-corrected chi connectivity index (χ2v) is 12.1. The van der Waals surface area contributed by atoms with Crippen LogP contribution in [0, 0.1) is 5.82 Å². The van der Waals surface area contributed by atoms with Gasteiger partial charge in [-0.2, -0.15) is 0 Å². The minimum atomic E-state index is -4.27. The first-order chi connectivity index (χ1) is 19.1. The van der Waals surface area contributed by atoms with E-state index in [-0.39, 0.29) is 17.0 Å². The maximum Gasteiger partial charge on any atom is 0.329 e. The molecule has 1 N–H and O–H groups in total. The number of aromatic nitrogens is 2. The molecule has 4 rings (SSSR count). The Bertz CT molecular complexity index is 1760. The van der Waals surface area contributed by atoms with Gasteiger partial charge in [-0.25, -0.2) is 22.3 Å².